The Kier molecular flexibility index (Phi) is 5.64. The van der Waals surface area contributed by atoms with Gasteiger partial charge in [0.05, 0.1) is 17.8 Å². The van der Waals surface area contributed by atoms with Crippen LogP contribution in [0.15, 0.2) is 54.6 Å². The number of fused-ring (bicyclic) bond motifs is 1. The molecular formula is C27H29N3O2. The van der Waals surface area contributed by atoms with Gasteiger partial charge in [0.25, 0.3) is 5.91 Å². The summed E-state index contributed by atoms with van der Waals surface area (Å²) in [7, 11) is 2.00. The van der Waals surface area contributed by atoms with Gasteiger partial charge in [-0.3, -0.25) is 14.3 Å². The summed E-state index contributed by atoms with van der Waals surface area (Å²) >= 11 is 0. The summed E-state index contributed by atoms with van der Waals surface area (Å²) in [4.78, 5) is 29.2. The molecule has 0 bridgehead atoms. The van der Waals surface area contributed by atoms with Crippen LogP contribution < -0.4 is 0 Å². The molecule has 0 radical (unpaired) electrons. The van der Waals surface area contributed by atoms with Crippen molar-refractivity contribution in [1.82, 2.24) is 14.7 Å². The van der Waals surface area contributed by atoms with Crippen molar-refractivity contribution in [2.45, 2.75) is 57.5 Å². The van der Waals surface area contributed by atoms with Gasteiger partial charge in [0.15, 0.2) is 5.78 Å². The first-order valence-corrected chi connectivity index (χ1v) is 11.7. The second-order valence-electron chi connectivity index (χ2n) is 8.96. The molecule has 2 aliphatic rings. The molecule has 0 unspecified atom stereocenters. The Balaban J connectivity index is 1.50. The minimum atomic E-state index is -0.111. The SMILES string of the molecule is Cn1nc(CN(C(=O)c2ccccc2C(=O)c2ccccc2)C2CCCC2)c2c1CCC2. The van der Waals surface area contributed by atoms with Crippen LogP contribution >= 0.6 is 0 Å². The van der Waals surface area contributed by atoms with Gasteiger partial charge < -0.3 is 4.90 Å². The first-order chi connectivity index (χ1) is 15.6. The Bertz CT molecular complexity index is 1140. The molecule has 0 atom stereocenters. The first kappa shape index (κ1) is 20.7. The topological polar surface area (TPSA) is 55.2 Å². The molecular weight excluding hydrogens is 398 g/mol. The number of ketones is 1. The van der Waals surface area contributed by atoms with E-state index in [1.165, 1.54) is 11.3 Å². The first-order valence-electron chi connectivity index (χ1n) is 11.7. The third kappa shape index (κ3) is 3.77. The summed E-state index contributed by atoms with van der Waals surface area (Å²) in [6.45, 7) is 0.514. The minimum Gasteiger partial charge on any atom is -0.330 e. The fraction of sp³-hybridized carbons (Fsp3) is 0.370. The molecule has 2 aromatic carbocycles. The number of hydrogen-bond acceptors (Lipinski definition) is 3. The monoisotopic (exact) mass is 427 g/mol. The average Bonchev–Trinajstić information content (AvgIpc) is 3.58. The molecule has 0 aliphatic heterocycles. The highest BCUT2D eigenvalue weighted by molar-refractivity contribution is 6.15. The normalized spacial score (nSPS) is 15.7. The molecule has 1 heterocycles. The van der Waals surface area contributed by atoms with E-state index in [2.05, 4.69) is 0 Å². The van der Waals surface area contributed by atoms with Crippen molar-refractivity contribution < 1.29 is 9.59 Å². The molecule has 2 aliphatic carbocycles. The number of hydrogen-bond donors (Lipinski definition) is 0. The highest BCUT2D eigenvalue weighted by atomic mass is 16.2. The van der Waals surface area contributed by atoms with Crippen molar-refractivity contribution in [3.8, 4) is 0 Å². The Labute approximate surface area is 189 Å². The Morgan fingerprint density at radius 1 is 0.938 bits per heavy atom. The quantitative estimate of drug-likeness (QED) is 0.535. The van der Waals surface area contributed by atoms with E-state index in [4.69, 9.17) is 5.10 Å². The van der Waals surface area contributed by atoms with Crippen LogP contribution in [0.1, 0.15) is 75.3 Å². The maximum absolute atomic E-state index is 13.9. The highest BCUT2D eigenvalue weighted by Gasteiger charge is 2.32. The maximum atomic E-state index is 13.9. The maximum Gasteiger partial charge on any atom is 0.255 e. The van der Waals surface area contributed by atoms with Crippen molar-refractivity contribution in [1.29, 1.82) is 0 Å². The standard InChI is InChI=1S/C27H29N3O2/c1-29-25-17-9-16-23(25)24(28-29)18-30(20-12-5-6-13-20)27(32)22-15-8-7-14-21(22)26(31)19-10-3-2-4-11-19/h2-4,7-8,10-11,14-15,20H,5-6,9,12-13,16-18H2,1H3. The summed E-state index contributed by atoms with van der Waals surface area (Å²) in [6.07, 6.45) is 7.54. The van der Waals surface area contributed by atoms with Gasteiger partial charge in [0, 0.05) is 29.9 Å². The lowest BCUT2D eigenvalue weighted by atomic mass is 9.97. The van der Waals surface area contributed by atoms with Crippen LogP contribution in [-0.4, -0.2) is 32.4 Å². The van der Waals surface area contributed by atoms with E-state index in [-0.39, 0.29) is 17.7 Å². The van der Waals surface area contributed by atoms with Gasteiger partial charge >= 0.3 is 0 Å². The number of amides is 1. The zero-order chi connectivity index (χ0) is 22.1. The molecule has 1 saturated carbocycles. The number of rotatable bonds is 6. The molecule has 164 valence electrons. The average molecular weight is 428 g/mol. The van der Waals surface area contributed by atoms with Gasteiger partial charge in [-0.1, -0.05) is 61.4 Å². The van der Waals surface area contributed by atoms with E-state index in [1.807, 2.05) is 47.0 Å². The molecule has 0 N–H and O–H groups in total. The van der Waals surface area contributed by atoms with Crippen LogP contribution in [0.5, 0.6) is 0 Å². The second kappa shape index (κ2) is 8.73. The van der Waals surface area contributed by atoms with Crippen molar-refractivity contribution in [2.75, 3.05) is 0 Å². The van der Waals surface area contributed by atoms with Crippen LogP contribution in [0.2, 0.25) is 0 Å². The lowest BCUT2D eigenvalue weighted by molar-refractivity contribution is 0.0657. The van der Waals surface area contributed by atoms with Gasteiger partial charge in [-0.15, -0.1) is 0 Å². The zero-order valence-electron chi connectivity index (χ0n) is 18.6. The summed E-state index contributed by atoms with van der Waals surface area (Å²) in [5, 5.41) is 4.78. The van der Waals surface area contributed by atoms with E-state index in [9.17, 15) is 9.59 Å². The number of aryl methyl sites for hydroxylation is 1. The van der Waals surface area contributed by atoms with Crippen molar-refractivity contribution >= 4 is 11.7 Å². The van der Waals surface area contributed by atoms with Crippen LogP contribution in [0.25, 0.3) is 0 Å². The number of nitrogens with zero attached hydrogens (tertiary/aromatic N) is 3. The Morgan fingerprint density at radius 3 is 2.38 bits per heavy atom. The molecule has 1 aromatic heterocycles. The van der Waals surface area contributed by atoms with E-state index < -0.39 is 0 Å². The molecule has 1 amide bonds. The van der Waals surface area contributed by atoms with Crippen LogP contribution in [0.4, 0.5) is 0 Å². The summed E-state index contributed by atoms with van der Waals surface area (Å²) in [5.74, 6) is -0.172. The third-order valence-corrected chi connectivity index (χ3v) is 6.98. The predicted octanol–water partition coefficient (Wildman–Crippen LogP) is 4.72. The fourth-order valence-electron chi connectivity index (χ4n) is 5.34. The van der Waals surface area contributed by atoms with Gasteiger partial charge in [-0.05, 0) is 43.7 Å². The largest absolute Gasteiger partial charge is 0.330 e. The molecule has 32 heavy (non-hydrogen) atoms. The summed E-state index contributed by atoms with van der Waals surface area (Å²) < 4.78 is 1.99. The molecule has 3 aromatic rings. The van der Waals surface area contributed by atoms with Crippen LogP contribution in [0, 0.1) is 0 Å². The minimum absolute atomic E-state index is 0.0609. The number of carbonyl (C=O) groups excluding carboxylic acids is 2. The highest BCUT2D eigenvalue weighted by Crippen LogP contribution is 2.31. The Morgan fingerprint density at radius 2 is 1.62 bits per heavy atom. The van der Waals surface area contributed by atoms with Gasteiger partial charge in [-0.2, -0.15) is 5.10 Å². The van der Waals surface area contributed by atoms with Crippen molar-refractivity contribution in [3.63, 3.8) is 0 Å². The van der Waals surface area contributed by atoms with E-state index in [0.29, 0.717) is 23.2 Å². The fourth-order valence-corrected chi connectivity index (χ4v) is 5.34. The zero-order valence-corrected chi connectivity index (χ0v) is 18.6. The number of carbonyl (C=O) groups is 2. The molecule has 1 fully saturated rings. The number of benzene rings is 2. The van der Waals surface area contributed by atoms with Gasteiger partial charge in [-0.25, -0.2) is 0 Å². The van der Waals surface area contributed by atoms with Crippen LogP contribution in [0.3, 0.4) is 0 Å². The predicted molar refractivity (Wildman–Crippen MR) is 124 cm³/mol. The van der Waals surface area contributed by atoms with E-state index in [1.54, 1.807) is 24.3 Å². The van der Waals surface area contributed by atoms with Crippen molar-refractivity contribution in [3.05, 3.63) is 88.2 Å². The molecule has 5 rings (SSSR count). The van der Waals surface area contributed by atoms with Gasteiger partial charge in [0.2, 0.25) is 0 Å². The van der Waals surface area contributed by atoms with E-state index in [0.717, 1.165) is 50.6 Å². The number of aromatic nitrogens is 2. The lowest BCUT2D eigenvalue weighted by Gasteiger charge is -2.29. The van der Waals surface area contributed by atoms with Gasteiger partial charge in [0.1, 0.15) is 0 Å². The summed E-state index contributed by atoms with van der Waals surface area (Å²) in [6, 6.07) is 16.6. The molecule has 0 saturated heterocycles. The molecule has 5 heteroatoms. The Hall–Kier alpha value is -3.21. The van der Waals surface area contributed by atoms with Crippen LogP contribution in [-0.2, 0) is 26.4 Å². The van der Waals surface area contributed by atoms with Crippen molar-refractivity contribution in [2.24, 2.45) is 7.05 Å². The second-order valence-corrected chi connectivity index (χ2v) is 8.96. The van der Waals surface area contributed by atoms with E-state index >= 15 is 0 Å². The molecule has 5 nitrogen and oxygen atoms in total. The smallest absolute Gasteiger partial charge is 0.255 e. The third-order valence-electron chi connectivity index (χ3n) is 6.98. The molecule has 0 spiro atoms. The summed E-state index contributed by atoms with van der Waals surface area (Å²) in [5.41, 5.74) is 5.20. The lowest BCUT2D eigenvalue weighted by Crippen LogP contribution is -2.39.